The van der Waals surface area contributed by atoms with Crippen LogP contribution in [0.4, 0.5) is 5.69 Å². The Labute approximate surface area is 182 Å². The maximum absolute atomic E-state index is 11.5. The summed E-state index contributed by atoms with van der Waals surface area (Å²) in [6.45, 7) is 10.6. The van der Waals surface area contributed by atoms with Crippen LogP contribution < -0.4 is 4.90 Å². The van der Waals surface area contributed by atoms with E-state index >= 15 is 0 Å². The van der Waals surface area contributed by atoms with Crippen molar-refractivity contribution >= 4 is 23.2 Å². The van der Waals surface area contributed by atoms with E-state index in [4.69, 9.17) is 0 Å². The van der Waals surface area contributed by atoms with Crippen molar-refractivity contribution in [3.8, 4) is 0 Å². The average molecular weight is 418 g/mol. The second kappa shape index (κ2) is 6.58. The monoisotopic (exact) mass is 417 g/mol. The molecule has 2 aromatic carbocycles. The van der Waals surface area contributed by atoms with Crippen molar-refractivity contribution in [3.05, 3.63) is 81.6 Å². The summed E-state index contributed by atoms with van der Waals surface area (Å²) >= 11 is 0. The van der Waals surface area contributed by atoms with Crippen LogP contribution in [0.25, 0.3) is 5.57 Å². The van der Waals surface area contributed by atoms with Crippen molar-refractivity contribution in [1.82, 2.24) is 0 Å². The minimum atomic E-state index is -0.932. The van der Waals surface area contributed by atoms with Crippen LogP contribution in [0.15, 0.2) is 53.7 Å². The molecule has 0 unspecified atom stereocenters. The van der Waals surface area contributed by atoms with Crippen molar-refractivity contribution in [2.75, 3.05) is 11.9 Å². The van der Waals surface area contributed by atoms with E-state index < -0.39 is 11.9 Å². The number of hydrogen-bond donors (Lipinski definition) is 2. The van der Waals surface area contributed by atoms with Gasteiger partial charge in [0.05, 0.1) is 11.1 Å². The lowest BCUT2D eigenvalue weighted by Gasteiger charge is -2.28. The van der Waals surface area contributed by atoms with E-state index in [9.17, 15) is 19.8 Å². The third-order valence-electron chi connectivity index (χ3n) is 6.98. The number of aromatic carboxylic acids is 2. The quantitative estimate of drug-likeness (QED) is 0.693. The summed E-state index contributed by atoms with van der Waals surface area (Å²) in [6, 6.07) is 10.6. The highest BCUT2D eigenvalue weighted by atomic mass is 16.4. The third kappa shape index (κ3) is 2.91. The van der Waals surface area contributed by atoms with Crippen LogP contribution in [-0.4, -0.2) is 29.2 Å². The van der Waals surface area contributed by atoms with Crippen LogP contribution in [0, 0.1) is 0 Å². The van der Waals surface area contributed by atoms with Crippen molar-refractivity contribution in [2.24, 2.45) is 0 Å². The summed E-state index contributed by atoms with van der Waals surface area (Å²) < 4.78 is 0. The summed E-state index contributed by atoms with van der Waals surface area (Å²) in [4.78, 5) is 25.1. The van der Waals surface area contributed by atoms with Crippen LogP contribution >= 0.6 is 0 Å². The van der Waals surface area contributed by atoms with E-state index in [1.54, 1.807) is 24.3 Å². The Morgan fingerprint density at radius 3 is 2.00 bits per heavy atom. The summed E-state index contributed by atoms with van der Waals surface area (Å²) in [5, 5.41) is 18.9. The molecule has 5 heteroatoms. The molecule has 5 nitrogen and oxygen atoms in total. The molecule has 1 heterocycles. The minimum absolute atomic E-state index is 0.284. The Balaban J connectivity index is 1.85. The van der Waals surface area contributed by atoms with Gasteiger partial charge in [0.15, 0.2) is 0 Å². The number of fused-ring (bicyclic) bond motifs is 2. The zero-order valence-electron chi connectivity index (χ0n) is 18.7. The summed E-state index contributed by atoms with van der Waals surface area (Å²) in [6.07, 6.45) is 2.20. The van der Waals surface area contributed by atoms with Crippen molar-refractivity contribution in [3.63, 3.8) is 0 Å². The molecule has 2 aliphatic rings. The standard InChI is InChI=1S/C26H27NO4/c1-14-17-9-7-15(23(28)29)11-19(17)25(2,3)18(14)13-22-26(4,5)20-12-16(24(30)31)8-10-21(20)27(22)6/h7-13H,1-6H3,(H,28,29)(H,30,31). The maximum Gasteiger partial charge on any atom is 0.335 e. The van der Waals surface area contributed by atoms with E-state index in [1.165, 1.54) is 0 Å². The Kier molecular flexibility index (Phi) is 4.44. The molecular formula is C26H27NO4. The fourth-order valence-electron chi connectivity index (χ4n) is 5.13. The number of rotatable bonds is 3. The molecule has 0 bridgehead atoms. The predicted molar refractivity (Wildman–Crippen MR) is 122 cm³/mol. The van der Waals surface area contributed by atoms with Crippen LogP contribution in [0.5, 0.6) is 0 Å². The fourth-order valence-corrected chi connectivity index (χ4v) is 5.13. The van der Waals surface area contributed by atoms with Gasteiger partial charge in [-0.2, -0.15) is 0 Å². The highest BCUT2D eigenvalue weighted by Gasteiger charge is 2.42. The first-order valence-electron chi connectivity index (χ1n) is 10.3. The second-order valence-electron chi connectivity index (χ2n) is 9.48. The SMILES string of the molecule is CC1=C(C=C2N(C)c3ccc(C(=O)O)cc3C2(C)C)C(C)(C)c2cc(C(=O)O)ccc21. The van der Waals surface area contributed by atoms with Crippen LogP contribution in [-0.2, 0) is 10.8 Å². The van der Waals surface area contributed by atoms with Gasteiger partial charge in [-0.25, -0.2) is 9.59 Å². The molecule has 0 saturated carbocycles. The van der Waals surface area contributed by atoms with Gasteiger partial charge in [-0.3, -0.25) is 0 Å². The number of likely N-dealkylation sites (N-methyl/N-ethyl adjacent to an activating group) is 1. The number of allylic oxidation sites excluding steroid dienone is 4. The van der Waals surface area contributed by atoms with Gasteiger partial charge >= 0.3 is 11.9 Å². The first-order valence-corrected chi connectivity index (χ1v) is 10.3. The maximum atomic E-state index is 11.5. The van der Waals surface area contributed by atoms with Crippen LogP contribution in [0.1, 0.15) is 72.0 Å². The highest BCUT2D eigenvalue weighted by Crippen LogP contribution is 2.52. The molecule has 2 aromatic rings. The zero-order chi connectivity index (χ0) is 22.9. The normalized spacial score (nSPS) is 19.5. The molecule has 0 amide bonds. The topological polar surface area (TPSA) is 77.8 Å². The molecule has 0 aromatic heterocycles. The van der Waals surface area contributed by atoms with Gasteiger partial charge in [0.2, 0.25) is 0 Å². The lowest BCUT2D eigenvalue weighted by molar-refractivity contribution is 0.0686. The predicted octanol–water partition coefficient (Wildman–Crippen LogP) is 5.46. The second-order valence-corrected chi connectivity index (χ2v) is 9.48. The number of hydrogen-bond acceptors (Lipinski definition) is 3. The van der Waals surface area contributed by atoms with Crippen molar-refractivity contribution in [2.45, 2.75) is 45.4 Å². The molecule has 0 fully saturated rings. The highest BCUT2D eigenvalue weighted by molar-refractivity contribution is 5.91. The van der Waals surface area contributed by atoms with E-state index in [1.807, 2.05) is 19.2 Å². The largest absolute Gasteiger partial charge is 0.478 e. The summed E-state index contributed by atoms with van der Waals surface area (Å²) in [5.74, 6) is -1.86. The van der Waals surface area contributed by atoms with Gasteiger partial charge in [-0.15, -0.1) is 0 Å². The van der Waals surface area contributed by atoms with E-state index in [-0.39, 0.29) is 16.4 Å². The van der Waals surface area contributed by atoms with Gasteiger partial charge in [-0.1, -0.05) is 33.8 Å². The van der Waals surface area contributed by atoms with Gasteiger partial charge in [-0.05, 0) is 71.2 Å². The lowest BCUT2D eigenvalue weighted by atomic mass is 9.77. The Bertz CT molecular complexity index is 1210. The van der Waals surface area contributed by atoms with E-state index in [0.717, 1.165) is 39.2 Å². The smallest absolute Gasteiger partial charge is 0.335 e. The lowest BCUT2D eigenvalue weighted by Crippen LogP contribution is -2.25. The van der Waals surface area contributed by atoms with Gasteiger partial charge in [0, 0.05) is 29.3 Å². The molecule has 31 heavy (non-hydrogen) atoms. The molecule has 1 aliphatic carbocycles. The number of carbonyl (C=O) groups is 2. The minimum Gasteiger partial charge on any atom is -0.478 e. The molecule has 0 radical (unpaired) electrons. The third-order valence-corrected chi connectivity index (χ3v) is 6.98. The van der Waals surface area contributed by atoms with Crippen molar-refractivity contribution < 1.29 is 19.8 Å². The molecule has 0 atom stereocenters. The van der Waals surface area contributed by atoms with Gasteiger partial charge in [0.1, 0.15) is 0 Å². The summed E-state index contributed by atoms with van der Waals surface area (Å²) in [5.41, 5.74) is 7.29. The summed E-state index contributed by atoms with van der Waals surface area (Å²) in [7, 11) is 2.01. The molecule has 4 rings (SSSR count). The number of benzene rings is 2. The first-order chi connectivity index (χ1) is 14.4. The fraction of sp³-hybridized carbons (Fsp3) is 0.308. The Hall–Kier alpha value is -3.34. The van der Waals surface area contributed by atoms with E-state index in [0.29, 0.717) is 5.56 Å². The van der Waals surface area contributed by atoms with Gasteiger partial charge in [0.25, 0.3) is 0 Å². The molecule has 2 N–H and O–H groups in total. The number of carboxylic acids is 2. The first kappa shape index (κ1) is 20.9. The van der Waals surface area contributed by atoms with Crippen LogP contribution in [0.2, 0.25) is 0 Å². The Morgan fingerprint density at radius 1 is 0.871 bits per heavy atom. The molecular weight excluding hydrogens is 390 g/mol. The van der Waals surface area contributed by atoms with Crippen LogP contribution in [0.3, 0.4) is 0 Å². The number of nitrogens with zero attached hydrogens (tertiary/aromatic N) is 1. The van der Waals surface area contributed by atoms with E-state index in [2.05, 4.69) is 45.6 Å². The molecule has 160 valence electrons. The molecule has 0 saturated heterocycles. The Morgan fingerprint density at radius 2 is 1.42 bits per heavy atom. The molecule has 0 spiro atoms. The zero-order valence-corrected chi connectivity index (χ0v) is 18.7. The van der Waals surface area contributed by atoms with Gasteiger partial charge < -0.3 is 15.1 Å². The average Bonchev–Trinajstić information content (AvgIpc) is 3.01. The number of carboxylic acid groups (broad SMARTS) is 2. The molecule has 1 aliphatic heterocycles. The van der Waals surface area contributed by atoms with Crippen molar-refractivity contribution in [1.29, 1.82) is 0 Å². The number of anilines is 1.